The minimum Gasteiger partial charge on any atom is -0.369 e. The predicted molar refractivity (Wildman–Crippen MR) is 43.3 cm³/mol. The second-order valence-corrected chi connectivity index (χ2v) is 2.36. The molecule has 0 aliphatic carbocycles. The summed E-state index contributed by atoms with van der Waals surface area (Å²) < 4.78 is 0. The van der Waals surface area contributed by atoms with Gasteiger partial charge in [0.15, 0.2) is 0 Å². The summed E-state index contributed by atoms with van der Waals surface area (Å²) in [6.07, 6.45) is 1.04. The van der Waals surface area contributed by atoms with Crippen molar-refractivity contribution in [1.82, 2.24) is 5.01 Å². The molecule has 4 N–H and O–H groups in total. The van der Waals surface area contributed by atoms with E-state index in [0.29, 0.717) is 6.04 Å². The van der Waals surface area contributed by atoms with Crippen molar-refractivity contribution in [2.45, 2.75) is 26.3 Å². The molecular weight excluding hydrogens is 128 g/mol. The van der Waals surface area contributed by atoms with Crippen LogP contribution < -0.4 is 11.5 Å². The number of nitrogens with zero attached hydrogens (tertiary/aromatic N) is 2. The summed E-state index contributed by atoms with van der Waals surface area (Å²) in [5.74, 6) is 0.114. The Morgan fingerprint density at radius 1 is 1.60 bits per heavy atom. The Kier molecular flexibility index (Phi) is 3.61. The van der Waals surface area contributed by atoms with E-state index in [0.717, 1.165) is 6.42 Å². The molecule has 10 heavy (non-hydrogen) atoms. The molecule has 0 heterocycles. The third kappa shape index (κ3) is 3.17. The quantitative estimate of drug-likeness (QED) is 0.330. The largest absolute Gasteiger partial charge is 0.369 e. The maximum atomic E-state index is 5.17. The lowest BCUT2D eigenvalue weighted by molar-refractivity contribution is 0.264. The minimum atomic E-state index is 0.114. The van der Waals surface area contributed by atoms with Crippen molar-refractivity contribution in [3.63, 3.8) is 0 Å². The van der Waals surface area contributed by atoms with Crippen LogP contribution >= 0.6 is 0 Å². The van der Waals surface area contributed by atoms with E-state index in [9.17, 15) is 0 Å². The van der Waals surface area contributed by atoms with Crippen molar-refractivity contribution >= 4 is 5.96 Å². The van der Waals surface area contributed by atoms with E-state index in [1.165, 1.54) is 0 Å². The Bertz CT molecular complexity index is 117. The lowest BCUT2D eigenvalue weighted by atomic mass is 10.3. The SMILES string of the molecule is CCC(C)N(C)N=C(N)N. The maximum Gasteiger partial charge on any atom is 0.208 e. The van der Waals surface area contributed by atoms with Crippen LogP contribution in [-0.4, -0.2) is 24.1 Å². The number of nitrogens with two attached hydrogens (primary N) is 2. The average Bonchev–Trinajstić information content (AvgIpc) is 1.85. The molecule has 0 bridgehead atoms. The molecule has 0 aliphatic heterocycles. The van der Waals surface area contributed by atoms with Crippen molar-refractivity contribution in [2.75, 3.05) is 7.05 Å². The van der Waals surface area contributed by atoms with E-state index in [2.05, 4.69) is 18.9 Å². The molecule has 1 unspecified atom stereocenters. The molecule has 60 valence electrons. The zero-order valence-electron chi connectivity index (χ0n) is 6.83. The van der Waals surface area contributed by atoms with Crippen molar-refractivity contribution in [3.05, 3.63) is 0 Å². The average molecular weight is 144 g/mol. The molecule has 0 saturated heterocycles. The van der Waals surface area contributed by atoms with Crippen molar-refractivity contribution in [2.24, 2.45) is 16.6 Å². The third-order valence-electron chi connectivity index (χ3n) is 1.50. The molecule has 0 aromatic rings. The first kappa shape index (κ1) is 9.07. The normalized spacial score (nSPS) is 12.3. The zero-order chi connectivity index (χ0) is 8.15. The molecule has 0 saturated carbocycles. The Balaban J connectivity index is 3.83. The van der Waals surface area contributed by atoms with E-state index in [-0.39, 0.29) is 5.96 Å². The van der Waals surface area contributed by atoms with E-state index < -0.39 is 0 Å². The third-order valence-corrected chi connectivity index (χ3v) is 1.50. The number of hydrogen-bond acceptors (Lipinski definition) is 2. The Morgan fingerprint density at radius 2 is 2.10 bits per heavy atom. The van der Waals surface area contributed by atoms with E-state index in [1.54, 1.807) is 5.01 Å². The lowest BCUT2D eigenvalue weighted by Crippen LogP contribution is -2.31. The second kappa shape index (κ2) is 3.98. The summed E-state index contributed by atoms with van der Waals surface area (Å²) in [7, 11) is 1.86. The van der Waals surface area contributed by atoms with Gasteiger partial charge in [-0.1, -0.05) is 6.92 Å². The lowest BCUT2D eigenvalue weighted by Gasteiger charge is -2.19. The van der Waals surface area contributed by atoms with Crippen LogP contribution in [0, 0.1) is 0 Å². The van der Waals surface area contributed by atoms with Crippen molar-refractivity contribution < 1.29 is 0 Å². The van der Waals surface area contributed by atoms with Gasteiger partial charge in [0.2, 0.25) is 5.96 Å². The Morgan fingerprint density at radius 3 is 2.40 bits per heavy atom. The molecule has 0 rings (SSSR count). The predicted octanol–water partition coefficient (Wildman–Crippen LogP) is -0.0949. The molecule has 0 radical (unpaired) electrons. The molecule has 0 amide bonds. The van der Waals surface area contributed by atoms with Crippen LogP contribution in [0.2, 0.25) is 0 Å². The molecule has 0 spiro atoms. The fraction of sp³-hybridized carbons (Fsp3) is 0.833. The van der Waals surface area contributed by atoms with Gasteiger partial charge in [0.05, 0.1) is 0 Å². The van der Waals surface area contributed by atoms with Gasteiger partial charge in [-0.15, -0.1) is 5.10 Å². The summed E-state index contributed by atoms with van der Waals surface area (Å²) in [4.78, 5) is 0. The van der Waals surface area contributed by atoms with E-state index >= 15 is 0 Å². The van der Waals surface area contributed by atoms with Gasteiger partial charge in [0.1, 0.15) is 0 Å². The van der Waals surface area contributed by atoms with Crippen LogP contribution in [0.1, 0.15) is 20.3 Å². The maximum absolute atomic E-state index is 5.17. The number of guanidine groups is 1. The molecule has 0 aliphatic rings. The highest BCUT2D eigenvalue weighted by atomic mass is 15.5. The van der Waals surface area contributed by atoms with Gasteiger partial charge in [-0.25, -0.2) is 0 Å². The first-order chi connectivity index (χ1) is 4.57. The van der Waals surface area contributed by atoms with Gasteiger partial charge < -0.3 is 11.5 Å². The van der Waals surface area contributed by atoms with Crippen LogP contribution in [0.4, 0.5) is 0 Å². The van der Waals surface area contributed by atoms with Crippen LogP contribution in [0.25, 0.3) is 0 Å². The summed E-state index contributed by atoms with van der Waals surface area (Å²) in [6, 6.07) is 0.391. The minimum absolute atomic E-state index is 0.114. The van der Waals surface area contributed by atoms with Crippen molar-refractivity contribution in [1.29, 1.82) is 0 Å². The summed E-state index contributed by atoms with van der Waals surface area (Å²) in [5, 5.41) is 5.61. The van der Waals surface area contributed by atoms with Crippen LogP contribution in [0.3, 0.4) is 0 Å². The van der Waals surface area contributed by atoms with Gasteiger partial charge in [0, 0.05) is 13.1 Å². The molecule has 1 atom stereocenters. The number of hydrazone groups is 1. The Hall–Kier alpha value is -0.930. The van der Waals surface area contributed by atoms with Gasteiger partial charge in [-0.05, 0) is 13.3 Å². The van der Waals surface area contributed by atoms with Gasteiger partial charge >= 0.3 is 0 Å². The highest BCUT2D eigenvalue weighted by Gasteiger charge is 2.02. The van der Waals surface area contributed by atoms with Gasteiger partial charge in [-0.3, -0.25) is 5.01 Å². The van der Waals surface area contributed by atoms with Crippen molar-refractivity contribution in [3.8, 4) is 0 Å². The smallest absolute Gasteiger partial charge is 0.208 e. The fourth-order valence-electron chi connectivity index (χ4n) is 0.545. The number of hydrogen-bond donors (Lipinski definition) is 2. The van der Waals surface area contributed by atoms with Crippen LogP contribution in [-0.2, 0) is 0 Å². The zero-order valence-corrected chi connectivity index (χ0v) is 6.83. The first-order valence-corrected chi connectivity index (χ1v) is 3.40. The molecule has 0 aromatic carbocycles. The molecule has 0 aromatic heterocycles. The van der Waals surface area contributed by atoms with Gasteiger partial charge in [0.25, 0.3) is 0 Å². The van der Waals surface area contributed by atoms with Gasteiger partial charge in [-0.2, -0.15) is 0 Å². The van der Waals surface area contributed by atoms with E-state index in [4.69, 9.17) is 11.5 Å². The number of rotatable bonds is 3. The van der Waals surface area contributed by atoms with Crippen LogP contribution in [0.5, 0.6) is 0 Å². The monoisotopic (exact) mass is 144 g/mol. The Labute approximate surface area is 61.9 Å². The molecule has 0 fully saturated rings. The standard InChI is InChI=1S/C6H16N4/c1-4-5(2)10(3)9-6(7)8/h5H,4H2,1-3H3,(H4,7,8,9). The molecule has 4 nitrogen and oxygen atoms in total. The fourth-order valence-corrected chi connectivity index (χ4v) is 0.545. The summed E-state index contributed by atoms with van der Waals surface area (Å²) in [5.41, 5.74) is 10.3. The van der Waals surface area contributed by atoms with Crippen LogP contribution in [0.15, 0.2) is 5.10 Å². The van der Waals surface area contributed by atoms with E-state index in [1.807, 2.05) is 7.05 Å². The topological polar surface area (TPSA) is 67.6 Å². The molecule has 4 heteroatoms. The highest BCUT2D eigenvalue weighted by molar-refractivity contribution is 5.75. The highest BCUT2D eigenvalue weighted by Crippen LogP contribution is 1.98. The molecular formula is C6H16N4. The second-order valence-electron chi connectivity index (χ2n) is 2.36. The summed E-state index contributed by atoms with van der Waals surface area (Å²) in [6.45, 7) is 4.15. The first-order valence-electron chi connectivity index (χ1n) is 3.40. The summed E-state index contributed by atoms with van der Waals surface area (Å²) >= 11 is 0.